The molecule has 0 aliphatic heterocycles. The van der Waals surface area contributed by atoms with Gasteiger partial charge in [0.1, 0.15) is 28.9 Å². The number of esters is 1. The molecule has 4 rings (SSSR count). The molecule has 3 aliphatic rings. The molecular weight excluding hydrogens is 508 g/mol. The fourth-order valence-electron chi connectivity index (χ4n) is 6.27. The highest BCUT2D eigenvalue weighted by Gasteiger charge is 2.66. The minimum absolute atomic E-state index is 0.00260. The quantitative estimate of drug-likeness (QED) is 0.183. The van der Waals surface area contributed by atoms with E-state index >= 15 is 0 Å². The van der Waals surface area contributed by atoms with Crippen molar-refractivity contribution in [2.24, 2.45) is 17.6 Å². The van der Waals surface area contributed by atoms with Crippen molar-refractivity contribution in [3.63, 3.8) is 0 Å². The Morgan fingerprint density at radius 1 is 1.15 bits per heavy atom. The third kappa shape index (κ3) is 4.49. The van der Waals surface area contributed by atoms with E-state index in [1.807, 2.05) is 19.0 Å². The predicted molar refractivity (Wildman–Crippen MR) is 138 cm³/mol. The van der Waals surface area contributed by atoms with Crippen LogP contribution in [0.3, 0.4) is 0 Å². The van der Waals surface area contributed by atoms with Crippen molar-refractivity contribution in [2.75, 3.05) is 20.6 Å². The van der Waals surface area contributed by atoms with Gasteiger partial charge in [-0.15, -0.1) is 0 Å². The van der Waals surface area contributed by atoms with Crippen LogP contribution in [-0.2, 0) is 23.9 Å². The number of aliphatic hydroxyl groups is 3. The van der Waals surface area contributed by atoms with E-state index in [-0.39, 0.29) is 23.3 Å². The second-order valence-corrected chi connectivity index (χ2v) is 10.7. The predicted octanol–water partition coefficient (Wildman–Crippen LogP) is 1.63. The number of Topliss-reactive ketones (excluding diaryl/α,β-unsaturated/α-hetero) is 2. The Morgan fingerprint density at radius 3 is 2.46 bits per heavy atom. The summed E-state index contributed by atoms with van der Waals surface area (Å²) >= 11 is 0. The van der Waals surface area contributed by atoms with E-state index in [2.05, 4.69) is 0 Å². The van der Waals surface area contributed by atoms with E-state index in [0.717, 1.165) is 13.0 Å². The van der Waals surface area contributed by atoms with Gasteiger partial charge in [-0.2, -0.15) is 0 Å². The van der Waals surface area contributed by atoms with Gasteiger partial charge in [0.25, 0.3) is 5.91 Å². The summed E-state index contributed by atoms with van der Waals surface area (Å²) in [6.07, 6.45) is -0.0486. The monoisotopic (exact) mass is 542 g/mol. The second kappa shape index (κ2) is 10.5. The normalized spacial score (nSPS) is 28.2. The number of unbranched alkanes of at least 4 members (excludes halogenated alkanes) is 1. The number of phenols is 1. The average Bonchev–Trinajstić information content (AvgIpc) is 2.86. The van der Waals surface area contributed by atoms with E-state index in [1.165, 1.54) is 6.07 Å². The Bertz CT molecular complexity index is 1300. The molecule has 0 heterocycles. The van der Waals surface area contributed by atoms with E-state index in [4.69, 9.17) is 10.5 Å². The molecule has 0 saturated heterocycles. The molecule has 3 aliphatic carbocycles. The van der Waals surface area contributed by atoms with Crippen molar-refractivity contribution in [3.05, 3.63) is 46.2 Å². The summed E-state index contributed by atoms with van der Waals surface area (Å²) in [5.74, 6) is -9.20. The van der Waals surface area contributed by atoms with Gasteiger partial charge in [-0.1, -0.05) is 25.5 Å². The second-order valence-electron chi connectivity index (χ2n) is 10.7. The fraction of sp³-hybridized carbons (Fsp3) is 0.500. The van der Waals surface area contributed by atoms with Gasteiger partial charge in [0.15, 0.2) is 11.4 Å². The number of benzene rings is 1. The molecule has 6 N–H and O–H groups in total. The molecule has 11 nitrogen and oxygen atoms in total. The zero-order chi connectivity index (χ0) is 28.8. The average molecular weight is 543 g/mol. The summed E-state index contributed by atoms with van der Waals surface area (Å²) in [6, 6.07) is 4.66. The van der Waals surface area contributed by atoms with Crippen LogP contribution in [0, 0.1) is 11.8 Å². The minimum Gasteiger partial charge on any atom is -0.508 e. The van der Waals surface area contributed by atoms with Crippen LogP contribution in [0.5, 0.6) is 5.75 Å². The van der Waals surface area contributed by atoms with E-state index in [1.54, 1.807) is 19.1 Å². The maximum absolute atomic E-state index is 14.0. The fourth-order valence-corrected chi connectivity index (χ4v) is 6.27. The number of nitrogens with two attached hydrogens (primary N) is 1. The first kappa shape index (κ1) is 28.3. The van der Waals surface area contributed by atoms with Gasteiger partial charge in [-0.25, -0.2) is 0 Å². The number of hydrogen-bond acceptors (Lipinski definition) is 10. The first-order valence-electron chi connectivity index (χ1n) is 13.0. The standard InChI is InChI=1S/C28H34N2O9/c1-4-18(33)39-24-15-12-17(32)21(27(29)37)25(35)28(15,38)26(36)22-20(24)14(8-5-6-11-30(2)3)13-9-7-10-16(31)19(13)23(22)34/h7,9-10,14-15,20,24,31,34-35,38H,4-6,8,11-12H2,1-3H3,(H2,29,37)/t14-,15+,20+,24+,28+/m0/s1. The van der Waals surface area contributed by atoms with Gasteiger partial charge in [-0.05, 0) is 51.0 Å². The number of carbonyl (C=O) groups excluding carboxylic acids is 4. The van der Waals surface area contributed by atoms with Crippen molar-refractivity contribution < 1.29 is 44.3 Å². The van der Waals surface area contributed by atoms with Gasteiger partial charge < -0.3 is 35.8 Å². The molecule has 210 valence electrons. The number of rotatable bonds is 8. The molecule has 0 spiro atoms. The first-order valence-corrected chi connectivity index (χ1v) is 13.0. The van der Waals surface area contributed by atoms with Crippen molar-refractivity contribution >= 4 is 29.2 Å². The molecular formula is C28H34N2O9. The molecule has 0 aromatic heterocycles. The van der Waals surface area contributed by atoms with Crippen LogP contribution in [0.25, 0.3) is 5.76 Å². The number of aliphatic hydroxyl groups excluding tert-OH is 2. The maximum Gasteiger partial charge on any atom is 0.305 e. The molecule has 1 saturated carbocycles. The van der Waals surface area contributed by atoms with Crippen molar-refractivity contribution in [3.8, 4) is 5.75 Å². The highest BCUT2D eigenvalue weighted by molar-refractivity contribution is 6.23. The topological polar surface area (TPSA) is 188 Å². The lowest BCUT2D eigenvalue weighted by Gasteiger charge is -2.52. The number of ether oxygens (including phenoxy) is 1. The molecule has 11 heteroatoms. The lowest BCUT2D eigenvalue weighted by Crippen LogP contribution is -2.64. The van der Waals surface area contributed by atoms with Crippen LogP contribution < -0.4 is 5.73 Å². The summed E-state index contributed by atoms with van der Waals surface area (Å²) in [7, 11) is 3.88. The maximum atomic E-state index is 14.0. The summed E-state index contributed by atoms with van der Waals surface area (Å²) < 4.78 is 5.78. The van der Waals surface area contributed by atoms with Gasteiger partial charge in [-0.3, -0.25) is 19.2 Å². The summed E-state index contributed by atoms with van der Waals surface area (Å²) in [5, 5.41) is 44.8. The summed E-state index contributed by atoms with van der Waals surface area (Å²) in [4.78, 5) is 53.6. The zero-order valence-electron chi connectivity index (χ0n) is 22.1. The number of amides is 1. The van der Waals surface area contributed by atoms with Gasteiger partial charge in [0.05, 0.1) is 5.56 Å². The number of phenolic OH excluding ortho intramolecular Hbond substituents is 1. The van der Waals surface area contributed by atoms with Gasteiger partial charge in [0.2, 0.25) is 5.78 Å². The number of ketones is 2. The first-order chi connectivity index (χ1) is 18.4. The van der Waals surface area contributed by atoms with Crippen LogP contribution in [0.4, 0.5) is 0 Å². The van der Waals surface area contributed by atoms with E-state index < -0.39 is 76.4 Å². The Labute approximate surface area is 225 Å². The summed E-state index contributed by atoms with van der Waals surface area (Å²) in [6.45, 7) is 2.34. The van der Waals surface area contributed by atoms with Crippen molar-refractivity contribution in [1.29, 1.82) is 0 Å². The lowest BCUT2D eigenvalue weighted by molar-refractivity contribution is -0.178. The molecule has 1 aromatic rings. The smallest absolute Gasteiger partial charge is 0.305 e. The van der Waals surface area contributed by atoms with Gasteiger partial charge >= 0.3 is 5.97 Å². The molecule has 0 unspecified atom stereocenters. The Hall–Kier alpha value is -3.70. The molecule has 0 radical (unpaired) electrons. The van der Waals surface area contributed by atoms with E-state index in [0.29, 0.717) is 18.4 Å². The minimum atomic E-state index is -2.87. The van der Waals surface area contributed by atoms with Crippen LogP contribution in [-0.4, -0.2) is 81.1 Å². The molecule has 1 fully saturated rings. The van der Waals surface area contributed by atoms with Crippen LogP contribution in [0.15, 0.2) is 35.1 Å². The number of nitrogens with zero attached hydrogens (tertiary/aromatic N) is 1. The Morgan fingerprint density at radius 2 is 1.85 bits per heavy atom. The Balaban J connectivity index is 1.96. The van der Waals surface area contributed by atoms with Gasteiger partial charge in [0, 0.05) is 30.3 Å². The van der Waals surface area contributed by atoms with Crippen molar-refractivity contribution in [2.45, 2.75) is 56.7 Å². The number of primary amides is 1. The molecule has 5 atom stereocenters. The zero-order valence-corrected chi connectivity index (χ0v) is 22.1. The largest absolute Gasteiger partial charge is 0.508 e. The molecule has 0 bridgehead atoms. The number of fused-ring (bicyclic) bond motifs is 3. The Kier molecular flexibility index (Phi) is 7.59. The van der Waals surface area contributed by atoms with Crippen LogP contribution >= 0.6 is 0 Å². The van der Waals surface area contributed by atoms with E-state index in [9.17, 15) is 39.6 Å². The molecule has 39 heavy (non-hydrogen) atoms. The highest BCUT2D eigenvalue weighted by atomic mass is 16.5. The third-order valence-corrected chi connectivity index (χ3v) is 8.07. The number of aromatic hydroxyl groups is 1. The van der Waals surface area contributed by atoms with Crippen LogP contribution in [0.1, 0.15) is 56.1 Å². The molecule has 1 amide bonds. The third-order valence-electron chi connectivity index (χ3n) is 8.07. The number of carbonyl (C=O) groups is 4. The SMILES string of the molecule is CCC(=O)O[C@H]1[C@H]2C(=C(O)c3c(O)cccc3[C@@H]2CCCCN(C)C)C(=O)[C@]2(O)C(O)=C(C(N)=O)C(=O)C[C@H]12. The summed E-state index contributed by atoms with van der Waals surface area (Å²) in [5.41, 5.74) is 1.68. The van der Waals surface area contributed by atoms with Crippen LogP contribution in [0.2, 0.25) is 0 Å². The highest BCUT2D eigenvalue weighted by Crippen LogP contribution is 2.57. The number of hydrogen-bond donors (Lipinski definition) is 5. The lowest BCUT2D eigenvalue weighted by atomic mass is 9.55. The molecule has 1 aromatic carbocycles. The van der Waals surface area contributed by atoms with Crippen molar-refractivity contribution in [1.82, 2.24) is 4.90 Å².